The maximum atomic E-state index is 9.65. The molecule has 0 aromatic heterocycles. The summed E-state index contributed by atoms with van der Waals surface area (Å²) in [5, 5.41) is 18.8. The van der Waals surface area contributed by atoms with Crippen molar-refractivity contribution in [3.05, 3.63) is 24.3 Å². The van der Waals surface area contributed by atoms with E-state index < -0.39 is 6.10 Å². The van der Waals surface area contributed by atoms with E-state index in [-0.39, 0.29) is 25.1 Å². The lowest BCUT2D eigenvalue weighted by Crippen LogP contribution is -2.38. The van der Waals surface area contributed by atoms with Crippen molar-refractivity contribution in [2.45, 2.75) is 18.6 Å². The molecule has 1 aliphatic rings. The molecule has 16 heavy (non-hydrogen) atoms. The Balaban J connectivity index is 0.00000128. The molecule has 2 rings (SSSR count). The van der Waals surface area contributed by atoms with Crippen LogP contribution in [0.15, 0.2) is 24.3 Å². The molecule has 2 atom stereocenters. The smallest absolute Gasteiger partial charge is 0.0782 e. The Hall–Kier alpha value is -0.970. The van der Waals surface area contributed by atoms with Crippen LogP contribution in [-0.4, -0.2) is 35.5 Å². The van der Waals surface area contributed by atoms with E-state index >= 15 is 0 Å². The van der Waals surface area contributed by atoms with Gasteiger partial charge in [0, 0.05) is 17.9 Å². The van der Waals surface area contributed by atoms with Crippen LogP contribution >= 0.6 is 12.4 Å². The maximum absolute atomic E-state index is 9.65. The van der Waals surface area contributed by atoms with Crippen molar-refractivity contribution in [2.24, 2.45) is 0 Å². The molecule has 0 saturated carbocycles. The number of nitrogens with zero attached hydrogens (tertiary/aromatic N) is 1. The summed E-state index contributed by atoms with van der Waals surface area (Å²) in [6.07, 6.45) is 0.267. The minimum Gasteiger partial charge on any atom is -0.399 e. The van der Waals surface area contributed by atoms with Crippen molar-refractivity contribution >= 4 is 23.8 Å². The van der Waals surface area contributed by atoms with E-state index in [1.165, 1.54) is 0 Å². The molecule has 0 radical (unpaired) electrons. The lowest BCUT2D eigenvalue weighted by atomic mass is 10.2. The van der Waals surface area contributed by atoms with Crippen molar-refractivity contribution in [3.63, 3.8) is 0 Å². The van der Waals surface area contributed by atoms with Crippen LogP contribution in [0, 0.1) is 0 Å². The molecule has 1 saturated heterocycles. The van der Waals surface area contributed by atoms with E-state index in [9.17, 15) is 10.2 Å². The van der Waals surface area contributed by atoms with Crippen LogP contribution in [0.3, 0.4) is 0 Å². The van der Waals surface area contributed by atoms with Gasteiger partial charge < -0.3 is 20.8 Å². The molecule has 0 aliphatic carbocycles. The molecule has 1 aromatic rings. The fraction of sp³-hybridized carbons (Fsp3) is 0.455. The molecule has 5 heteroatoms. The molecule has 0 amide bonds. The van der Waals surface area contributed by atoms with Gasteiger partial charge in [0.1, 0.15) is 0 Å². The second-order valence-corrected chi connectivity index (χ2v) is 3.89. The van der Waals surface area contributed by atoms with Crippen LogP contribution in [0.2, 0.25) is 0 Å². The molecule has 1 aromatic carbocycles. The third-order valence-electron chi connectivity index (χ3n) is 2.92. The Bertz CT molecular complexity index is 331. The van der Waals surface area contributed by atoms with Crippen LogP contribution in [-0.2, 0) is 0 Å². The molecule has 4 nitrogen and oxygen atoms in total. The van der Waals surface area contributed by atoms with E-state index in [1.54, 1.807) is 0 Å². The average molecular weight is 245 g/mol. The van der Waals surface area contributed by atoms with Crippen LogP contribution in [0.25, 0.3) is 0 Å². The molecule has 1 fully saturated rings. The minimum absolute atomic E-state index is 0. The fourth-order valence-corrected chi connectivity index (χ4v) is 2.04. The third-order valence-corrected chi connectivity index (χ3v) is 2.92. The first kappa shape index (κ1) is 13.1. The zero-order valence-electron chi connectivity index (χ0n) is 8.91. The van der Waals surface area contributed by atoms with Gasteiger partial charge in [-0.25, -0.2) is 0 Å². The van der Waals surface area contributed by atoms with E-state index in [4.69, 9.17) is 5.73 Å². The van der Waals surface area contributed by atoms with Crippen LogP contribution in [0.4, 0.5) is 11.4 Å². The summed E-state index contributed by atoms with van der Waals surface area (Å²) in [4.78, 5) is 2.02. The highest BCUT2D eigenvalue weighted by Gasteiger charge is 2.32. The number of benzene rings is 1. The molecule has 1 aliphatic heterocycles. The second-order valence-electron chi connectivity index (χ2n) is 3.89. The van der Waals surface area contributed by atoms with Gasteiger partial charge in [-0.3, -0.25) is 0 Å². The number of nitrogen functional groups attached to an aromatic ring is 1. The monoisotopic (exact) mass is 244 g/mol. The standard InChI is InChI=1S/C11H16N2O2.ClH/c12-8-1-3-9(4-2-8)13-6-5-11(15)10(13)7-14;/h1-4,10-11,14-15H,5-7,12H2;1H. The lowest BCUT2D eigenvalue weighted by Gasteiger charge is -2.26. The van der Waals surface area contributed by atoms with Gasteiger partial charge in [0.2, 0.25) is 0 Å². The van der Waals surface area contributed by atoms with Crippen LogP contribution < -0.4 is 10.6 Å². The predicted octanol–water partition coefficient (Wildman–Crippen LogP) is 0.622. The quantitative estimate of drug-likeness (QED) is 0.668. The maximum Gasteiger partial charge on any atom is 0.0782 e. The number of hydrogen-bond acceptors (Lipinski definition) is 4. The Morgan fingerprint density at radius 1 is 1.31 bits per heavy atom. The number of anilines is 2. The number of halogens is 1. The van der Waals surface area contributed by atoms with Crippen molar-refractivity contribution in [3.8, 4) is 0 Å². The summed E-state index contributed by atoms with van der Waals surface area (Å²) in [6, 6.07) is 7.29. The van der Waals surface area contributed by atoms with Gasteiger partial charge in [-0.1, -0.05) is 0 Å². The van der Waals surface area contributed by atoms with Crippen molar-refractivity contribution in [2.75, 3.05) is 23.8 Å². The van der Waals surface area contributed by atoms with E-state index in [1.807, 2.05) is 29.2 Å². The normalized spacial score (nSPS) is 24.2. The molecule has 4 N–H and O–H groups in total. The summed E-state index contributed by atoms with van der Waals surface area (Å²) in [5.41, 5.74) is 7.32. The van der Waals surface area contributed by atoms with Gasteiger partial charge in [-0.15, -0.1) is 12.4 Å². The number of nitrogens with two attached hydrogens (primary N) is 1. The van der Waals surface area contributed by atoms with Crippen molar-refractivity contribution < 1.29 is 10.2 Å². The zero-order valence-corrected chi connectivity index (χ0v) is 9.73. The first-order valence-electron chi connectivity index (χ1n) is 5.13. The van der Waals surface area contributed by atoms with Gasteiger partial charge in [0.05, 0.1) is 18.8 Å². The van der Waals surface area contributed by atoms with Gasteiger partial charge in [-0.2, -0.15) is 0 Å². The van der Waals surface area contributed by atoms with Gasteiger partial charge in [0.25, 0.3) is 0 Å². The highest BCUT2D eigenvalue weighted by molar-refractivity contribution is 5.85. The van der Waals surface area contributed by atoms with Crippen LogP contribution in [0.1, 0.15) is 6.42 Å². The van der Waals surface area contributed by atoms with Crippen LogP contribution in [0.5, 0.6) is 0 Å². The van der Waals surface area contributed by atoms with Crippen molar-refractivity contribution in [1.82, 2.24) is 0 Å². The predicted molar refractivity (Wildman–Crippen MR) is 66.9 cm³/mol. The van der Waals surface area contributed by atoms with E-state index in [0.717, 1.165) is 17.9 Å². The molecular weight excluding hydrogens is 228 g/mol. The SMILES string of the molecule is Cl.Nc1ccc(N2CCC(O)C2CO)cc1. The average Bonchev–Trinajstić information content (AvgIpc) is 2.61. The summed E-state index contributed by atoms with van der Waals surface area (Å²) in [7, 11) is 0. The van der Waals surface area contributed by atoms with Gasteiger partial charge >= 0.3 is 0 Å². The number of hydrogen-bond donors (Lipinski definition) is 3. The number of aliphatic hydroxyl groups excluding tert-OH is 2. The fourth-order valence-electron chi connectivity index (χ4n) is 2.04. The first-order chi connectivity index (χ1) is 7.22. The van der Waals surface area contributed by atoms with Crippen molar-refractivity contribution in [1.29, 1.82) is 0 Å². The molecular formula is C11H17ClN2O2. The highest BCUT2D eigenvalue weighted by atomic mass is 35.5. The first-order valence-corrected chi connectivity index (χ1v) is 5.13. The Morgan fingerprint density at radius 3 is 2.50 bits per heavy atom. The molecule has 0 bridgehead atoms. The topological polar surface area (TPSA) is 69.7 Å². The summed E-state index contributed by atoms with van der Waals surface area (Å²) < 4.78 is 0. The molecule has 0 spiro atoms. The minimum atomic E-state index is -0.437. The number of aliphatic hydroxyl groups is 2. The van der Waals surface area contributed by atoms with E-state index in [0.29, 0.717) is 6.42 Å². The third kappa shape index (κ3) is 2.40. The van der Waals surface area contributed by atoms with E-state index in [2.05, 4.69) is 0 Å². The summed E-state index contributed by atoms with van der Waals surface area (Å²) in [6.45, 7) is 0.752. The largest absolute Gasteiger partial charge is 0.399 e. The Morgan fingerprint density at radius 2 is 1.94 bits per heavy atom. The van der Waals surface area contributed by atoms with Gasteiger partial charge in [-0.05, 0) is 30.7 Å². The summed E-state index contributed by atoms with van der Waals surface area (Å²) >= 11 is 0. The Labute approximate surface area is 101 Å². The second kappa shape index (κ2) is 5.39. The molecule has 1 heterocycles. The number of rotatable bonds is 2. The summed E-state index contributed by atoms with van der Waals surface area (Å²) in [5.74, 6) is 0. The molecule has 90 valence electrons. The zero-order chi connectivity index (χ0) is 10.8. The lowest BCUT2D eigenvalue weighted by molar-refractivity contribution is 0.128. The Kier molecular flexibility index (Phi) is 4.41. The van der Waals surface area contributed by atoms with Gasteiger partial charge in [0.15, 0.2) is 0 Å². The highest BCUT2D eigenvalue weighted by Crippen LogP contribution is 2.26. The molecule has 2 unspecified atom stereocenters.